The molecule has 1 heterocycles. The highest BCUT2D eigenvalue weighted by Gasteiger charge is 2.25. The molecule has 1 saturated heterocycles. The maximum absolute atomic E-state index is 11.7. The number of carbonyl (C=O) groups excluding carboxylic acids is 2. The Morgan fingerprint density at radius 1 is 1.11 bits per heavy atom. The zero-order valence-corrected chi connectivity index (χ0v) is 15.7. The van der Waals surface area contributed by atoms with Crippen LogP contribution in [0.1, 0.15) is 28.7 Å². The fourth-order valence-corrected chi connectivity index (χ4v) is 4.05. The quantitative estimate of drug-likeness (QED) is 0.791. The van der Waals surface area contributed by atoms with E-state index in [4.69, 9.17) is 9.47 Å². The molecule has 0 unspecified atom stereocenters. The van der Waals surface area contributed by atoms with Gasteiger partial charge in [-0.3, -0.25) is 14.9 Å². The number of fused-ring (bicyclic) bond motifs is 1. The van der Waals surface area contributed by atoms with Gasteiger partial charge in [0.1, 0.15) is 18.1 Å². The van der Waals surface area contributed by atoms with Crippen molar-refractivity contribution in [1.29, 1.82) is 0 Å². The molecular weight excluding hydrogens is 362 g/mol. The molecule has 6 heteroatoms. The van der Waals surface area contributed by atoms with Crippen molar-refractivity contribution < 1.29 is 19.1 Å². The van der Waals surface area contributed by atoms with Crippen molar-refractivity contribution in [2.45, 2.75) is 25.9 Å². The van der Waals surface area contributed by atoms with Crippen LogP contribution in [0.3, 0.4) is 0 Å². The summed E-state index contributed by atoms with van der Waals surface area (Å²) in [6.45, 7) is 0.358. The van der Waals surface area contributed by atoms with Gasteiger partial charge in [-0.1, -0.05) is 12.1 Å². The Morgan fingerprint density at radius 2 is 1.96 bits per heavy atom. The van der Waals surface area contributed by atoms with E-state index in [-0.39, 0.29) is 11.1 Å². The van der Waals surface area contributed by atoms with E-state index in [1.165, 1.54) is 17.5 Å². The van der Waals surface area contributed by atoms with Crippen molar-refractivity contribution in [3.8, 4) is 11.5 Å². The number of ether oxygens (including phenoxy) is 2. The molecule has 0 atom stereocenters. The first-order chi connectivity index (χ1) is 13.1. The monoisotopic (exact) mass is 381 g/mol. The highest BCUT2D eigenvalue weighted by atomic mass is 32.2. The van der Waals surface area contributed by atoms with E-state index in [0.717, 1.165) is 47.2 Å². The Labute approximate surface area is 161 Å². The van der Waals surface area contributed by atoms with Crippen LogP contribution in [0.15, 0.2) is 41.3 Å². The number of nitrogens with one attached hydrogen (secondary N) is 1. The summed E-state index contributed by atoms with van der Waals surface area (Å²) in [5.41, 5.74) is 4.47. The molecule has 2 aromatic carbocycles. The molecule has 0 bridgehead atoms. The van der Waals surface area contributed by atoms with E-state index < -0.39 is 0 Å². The average molecular weight is 381 g/mol. The lowest BCUT2D eigenvalue weighted by molar-refractivity contribution is -0.115. The molecule has 0 aromatic heterocycles. The summed E-state index contributed by atoms with van der Waals surface area (Å²) in [7, 11) is 1.62. The van der Waals surface area contributed by atoms with Crippen molar-refractivity contribution in [1.82, 2.24) is 5.32 Å². The highest BCUT2D eigenvalue weighted by Crippen LogP contribution is 2.29. The van der Waals surface area contributed by atoms with Crippen LogP contribution in [-0.4, -0.2) is 18.3 Å². The third kappa shape index (κ3) is 3.85. The van der Waals surface area contributed by atoms with Gasteiger partial charge in [0, 0.05) is 5.56 Å². The van der Waals surface area contributed by atoms with Crippen molar-refractivity contribution in [2.24, 2.45) is 0 Å². The molecule has 27 heavy (non-hydrogen) atoms. The molecular formula is C21H19NO4S. The first kappa shape index (κ1) is 17.7. The van der Waals surface area contributed by atoms with E-state index in [1.54, 1.807) is 13.2 Å². The lowest BCUT2D eigenvalue weighted by Gasteiger charge is -2.12. The molecule has 2 aliphatic rings. The van der Waals surface area contributed by atoms with Crippen LogP contribution >= 0.6 is 11.8 Å². The number of benzene rings is 2. The summed E-state index contributed by atoms with van der Waals surface area (Å²) >= 11 is 0.905. The molecule has 5 nitrogen and oxygen atoms in total. The minimum atomic E-state index is -0.364. The molecule has 138 valence electrons. The van der Waals surface area contributed by atoms with Crippen LogP contribution < -0.4 is 14.8 Å². The Hall–Kier alpha value is -2.73. The van der Waals surface area contributed by atoms with Gasteiger partial charge in [0.25, 0.3) is 11.1 Å². The Bertz CT molecular complexity index is 951. The summed E-state index contributed by atoms with van der Waals surface area (Å²) in [5, 5.41) is 1.91. The van der Waals surface area contributed by atoms with Gasteiger partial charge in [-0.25, -0.2) is 0 Å². The smallest absolute Gasteiger partial charge is 0.290 e. The van der Waals surface area contributed by atoms with Crippen LogP contribution in [-0.2, 0) is 24.2 Å². The molecule has 2 amide bonds. The van der Waals surface area contributed by atoms with E-state index >= 15 is 0 Å². The number of hydrogen-bond acceptors (Lipinski definition) is 5. The third-order valence-electron chi connectivity index (χ3n) is 4.71. The van der Waals surface area contributed by atoms with E-state index in [2.05, 4.69) is 17.4 Å². The number of hydrogen-bond donors (Lipinski definition) is 1. The fourth-order valence-electron chi connectivity index (χ4n) is 3.37. The zero-order valence-electron chi connectivity index (χ0n) is 14.9. The molecule has 2 aromatic rings. The van der Waals surface area contributed by atoms with Crippen molar-refractivity contribution >= 4 is 29.0 Å². The van der Waals surface area contributed by atoms with Gasteiger partial charge in [-0.05, 0) is 78.1 Å². The first-order valence-electron chi connectivity index (χ1n) is 8.79. The van der Waals surface area contributed by atoms with Crippen molar-refractivity contribution in [2.75, 3.05) is 7.11 Å². The predicted octanol–water partition coefficient (Wildman–Crippen LogP) is 4.09. The molecule has 1 aliphatic carbocycles. The van der Waals surface area contributed by atoms with Gasteiger partial charge in [-0.15, -0.1) is 0 Å². The topological polar surface area (TPSA) is 64.6 Å². The highest BCUT2D eigenvalue weighted by molar-refractivity contribution is 8.18. The normalized spacial score (nSPS) is 17.1. The Balaban J connectivity index is 1.53. The second-order valence-electron chi connectivity index (χ2n) is 6.50. The lowest BCUT2D eigenvalue weighted by Crippen LogP contribution is -2.17. The minimum absolute atomic E-state index is 0.347. The van der Waals surface area contributed by atoms with Crippen LogP contribution in [0, 0.1) is 0 Å². The van der Waals surface area contributed by atoms with Gasteiger partial charge in [-0.2, -0.15) is 0 Å². The second kappa shape index (κ2) is 7.48. The number of thioether (sulfide) groups is 1. The molecule has 1 aliphatic heterocycles. The SMILES string of the molecule is COc1ccc(C=C2SC(=O)NC2=O)cc1COc1ccc2c(c1)CCC2. The van der Waals surface area contributed by atoms with Gasteiger partial charge in [0.05, 0.1) is 12.0 Å². The number of imide groups is 1. The third-order valence-corrected chi connectivity index (χ3v) is 5.52. The summed E-state index contributed by atoms with van der Waals surface area (Å²) in [5.74, 6) is 1.20. The molecule has 4 rings (SSSR count). The average Bonchev–Trinajstić information content (AvgIpc) is 3.25. The van der Waals surface area contributed by atoms with Gasteiger partial charge in [0.2, 0.25) is 0 Å². The van der Waals surface area contributed by atoms with Crippen molar-refractivity contribution in [3.63, 3.8) is 0 Å². The summed E-state index contributed by atoms with van der Waals surface area (Å²) in [6, 6.07) is 11.9. The second-order valence-corrected chi connectivity index (χ2v) is 7.51. The van der Waals surface area contributed by atoms with Gasteiger partial charge >= 0.3 is 0 Å². The molecule has 0 radical (unpaired) electrons. The largest absolute Gasteiger partial charge is 0.496 e. The lowest BCUT2D eigenvalue weighted by atomic mass is 10.1. The standard InChI is InChI=1S/C21H19NO4S/c1-25-18-8-5-13(10-19-20(23)22-21(24)27-19)9-16(18)12-26-17-7-6-14-3-2-4-15(14)11-17/h5-11H,2-4,12H2,1H3,(H,22,23,24). The van der Waals surface area contributed by atoms with Crippen LogP contribution in [0.5, 0.6) is 11.5 Å². The number of amides is 2. The summed E-state index contributed by atoms with van der Waals surface area (Å²) in [6.07, 6.45) is 5.16. The van der Waals surface area contributed by atoms with Crippen LogP contribution in [0.2, 0.25) is 0 Å². The number of aryl methyl sites for hydroxylation is 2. The predicted molar refractivity (Wildman–Crippen MR) is 105 cm³/mol. The Kier molecular flexibility index (Phi) is 4.90. The van der Waals surface area contributed by atoms with E-state index in [0.29, 0.717) is 11.5 Å². The summed E-state index contributed by atoms with van der Waals surface area (Å²) in [4.78, 5) is 23.4. The van der Waals surface area contributed by atoms with Crippen LogP contribution in [0.4, 0.5) is 4.79 Å². The zero-order chi connectivity index (χ0) is 18.8. The molecule has 1 N–H and O–H groups in total. The number of methoxy groups -OCH3 is 1. The molecule has 0 spiro atoms. The minimum Gasteiger partial charge on any atom is -0.496 e. The molecule has 0 saturated carbocycles. The van der Waals surface area contributed by atoms with Gasteiger partial charge in [0.15, 0.2) is 0 Å². The van der Waals surface area contributed by atoms with E-state index in [9.17, 15) is 9.59 Å². The first-order valence-corrected chi connectivity index (χ1v) is 9.60. The number of rotatable bonds is 5. The van der Waals surface area contributed by atoms with Crippen molar-refractivity contribution in [3.05, 3.63) is 63.6 Å². The molecule has 1 fully saturated rings. The number of carbonyl (C=O) groups is 2. The maximum atomic E-state index is 11.7. The summed E-state index contributed by atoms with van der Waals surface area (Å²) < 4.78 is 11.4. The fraction of sp³-hybridized carbons (Fsp3) is 0.238. The van der Waals surface area contributed by atoms with Gasteiger partial charge < -0.3 is 9.47 Å². The maximum Gasteiger partial charge on any atom is 0.290 e. The van der Waals surface area contributed by atoms with Crippen LogP contribution in [0.25, 0.3) is 6.08 Å². The Morgan fingerprint density at radius 3 is 2.74 bits per heavy atom. The van der Waals surface area contributed by atoms with E-state index in [1.807, 2.05) is 24.3 Å².